The fourth-order valence-corrected chi connectivity index (χ4v) is 2.08. The maximum absolute atomic E-state index is 11.2. The Morgan fingerprint density at radius 3 is 2.94 bits per heavy atom. The Kier molecular flexibility index (Phi) is 3.61. The molecule has 0 spiro atoms. The van der Waals surface area contributed by atoms with Gasteiger partial charge in [0.1, 0.15) is 17.5 Å². The molecule has 2 rings (SSSR count). The predicted molar refractivity (Wildman–Crippen MR) is 68.7 cm³/mol. The van der Waals surface area contributed by atoms with Crippen molar-refractivity contribution < 1.29 is 4.79 Å². The number of amides is 1. The van der Waals surface area contributed by atoms with E-state index >= 15 is 0 Å². The maximum Gasteiger partial charge on any atom is 0.222 e. The number of anilines is 2. The highest BCUT2D eigenvalue weighted by molar-refractivity contribution is 5.78. The number of nitrogens with zero attached hydrogens (tertiary/aromatic N) is 3. The fourth-order valence-electron chi connectivity index (χ4n) is 2.08. The molecule has 5 N–H and O–H groups in total. The van der Waals surface area contributed by atoms with Crippen molar-refractivity contribution in [3.8, 4) is 0 Å². The Morgan fingerprint density at radius 1 is 1.61 bits per heavy atom. The predicted octanol–water partition coefficient (Wildman–Crippen LogP) is -0.364. The zero-order valence-electron chi connectivity index (χ0n) is 10.4. The average molecular weight is 250 g/mol. The highest BCUT2D eigenvalue weighted by atomic mass is 16.1. The number of aromatic nitrogens is 2. The molecule has 18 heavy (non-hydrogen) atoms. The minimum atomic E-state index is -0.251. The van der Waals surface area contributed by atoms with E-state index < -0.39 is 0 Å². The van der Waals surface area contributed by atoms with Crippen LogP contribution in [0.25, 0.3) is 0 Å². The Morgan fingerprint density at radius 2 is 2.39 bits per heavy atom. The summed E-state index contributed by atoms with van der Waals surface area (Å²) in [6.07, 6.45) is 1.50. The number of carbonyl (C=O) groups is 1. The lowest BCUT2D eigenvalue weighted by Crippen LogP contribution is -2.28. The molecule has 2 heterocycles. The molecule has 0 aliphatic carbocycles. The van der Waals surface area contributed by atoms with Gasteiger partial charge in [-0.25, -0.2) is 15.8 Å². The number of aryl methyl sites for hydroxylation is 1. The van der Waals surface area contributed by atoms with E-state index in [4.69, 9.17) is 11.6 Å². The third kappa shape index (κ3) is 2.51. The van der Waals surface area contributed by atoms with Gasteiger partial charge in [0.2, 0.25) is 5.91 Å². The van der Waals surface area contributed by atoms with Crippen LogP contribution in [0, 0.1) is 5.92 Å². The smallest absolute Gasteiger partial charge is 0.222 e. The molecule has 0 radical (unpaired) electrons. The van der Waals surface area contributed by atoms with Gasteiger partial charge in [0, 0.05) is 25.6 Å². The van der Waals surface area contributed by atoms with Gasteiger partial charge in [-0.3, -0.25) is 4.79 Å². The molecular weight excluding hydrogens is 232 g/mol. The number of carbonyl (C=O) groups excluding carboxylic acids is 1. The quantitative estimate of drug-likeness (QED) is 0.497. The molecule has 1 aromatic rings. The summed E-state index contributed by atoms with van der Waals surface area (Å²) < 4.78 is 0. The summed E-state index contributed by atoms with van der Waals surface area (Å²) in [6.45, 7) is 3.37. The van der Waals surface area contributed by atoms with Crippen molar-refractivity contribution in [2.75, 3.05) is 23.4 Å². The number of rotatable bonds is 4. The minimum Gasteiger partial charge on any atom is -0.369 e. The molecule has 1 fully saturated rings. The largest absolute Gasteiger partial charge is 0.369 e. The highest BCUT2D eigenvalue weighted by Gasteiger charge is 2.27. The van der Waals surface area contributed by atoms with E-state index in [1.54, 1.807) is 6.07 Å². The van der Waals surface area contributed by atoms with Crippen molar-refractivity contribution in [1.29, 1.82) is 0 Å². The molecule has 1 aliphatic heterocycles. The summed E-state index contributed by atoms with van der Waals surface area (Å²) in [5.41, 5.74) is 7.85. The SMILES string of the molecule is CCc1nc(NN)cc(N2CCC(C(N)=O)C2)n1. The van der Waals surface area contributed by atoms with Gasteiger partial charge in [-0.1, -0.05) is 6.92 Å². The van der Waals surface area contributed by atoms with Gasteiger partial charge >= 0.3 is 0 Å². The zero-order valence-corrected chi connectivity index (χ0v) is 10.4. The molecule has 98 valence electrons. The van der Waals surface area contributed by atoms with Gasteiger partial charge in [-0.15, -0.1) is 0 Å². The van der Waals surface area contributed by atoms with Crippen molar-refractivity contribution >= 4 is 17.5 Å². The van der Waals surface area contributed by atoms with Crippen LogP contribution in [0.4, 0.5) is 11.6 Å². The van der Waals surface area contributed by atoms with E-state index in [0.29, 0.717) is 12.4 Å². The van der Waals surface area contributed by atoms with Crippen molar-refractivity contribution in [1.82, 2.24) is 9.97 Å². The molecule has 7 nitrogen and oxygen atoms in total. The van der Waals surface area contributed by atoms with Crippen LogP contribution >= 0.6 is 0 Å². The van der Waals surface area contributed by atoms with E-state index in [0.717, 1.165) is 31.0 Å². The first-order valence-corrected chi connectivity index (χ1v) is 6.03. The van der Waals surface area contributed by atoms with Crippen molar-refractivity contribution in [2.24, 2.45) is 17.5 Å². The number of nitrogen functional groups attached to an aromatic ring is 1. The molecule has 0 saturated carbocycles. The van der Waals surface area contributed by atoms with Crippen LogP contribution < -0.4 is 21.9 Å². The van der Waals surface area contributed by atoms with Crippen LogP contribution in [0.1, 0.15) is 19.2 Å². The molecule has 7 heteroatoms. The Labute approximate surface area is 106 Å². The lowest BCUT2D eigenvalue weighted by atomic mass is 10.1. The van der Waals surface area contributed by atoms with Crippen molar-refractivity contribution in [2.45, 2.75) is 19.8 Å². The van der Waals surface area contributed by atoms with Crippen LogP contribution in [0.2, 0.25) is 0 Å². The third-order valence-corrected chi connectivity index (χ3v) is 3.14. The first-order chi connectivity index (χ1) is 8.63. The second-order valence-electron chi connectivity index (χ2n) is 4.36. The van der Waals surface area contributed by atoms with Crippen LogP contribution in [-0.4, -0.2) is 29.0 Å². The Bertz CT molecular complexity index is 427. The van der Waals surface area contributed by atoms with E-state index in [1.165, 1.54) is 0 Å². The number of nitrogens with one attached hydrogen (secondary N) is 1. The van der Waals surface area contributed by atoms with Crippen LogP contribution in [0.5, 0.6) is 0 Å². The van der Waals surface area contributed by atoms with Gasteiger partial charge in [0.05, 0.1) is 5.92 Å². The number of hydrogen-bond acceptors (Lipinski definition) is 6. The molecule has 0 aromatic carbocycles. The standard InChI is InChI=1S/C11H18N6O/c1-2-8-14-9(16-13)5-10(15-8)17-4-3-7(6-17)11(12)18/h5,7H,2-4,6,13H2,1H3,(H2,12,18)(H,14,15,16). The van der Waals surface area contributed by atoms with E-state index in [9.17, 15) is 4.79 Å². The van der Waals surface area contributed by atoms with Crippen LogP contribution in [-0.2, 0) is 11.2 Å². The molecule has 1 aromatic heterocycles. The highest BCUT2D eigenvalue weighted by Crippen LogP contribution is 2.23. The van der Waals surface area contributed by atoms with Crippen molar-refractivity contribution in [3.05, 3.63) is 11.9 Å². The van der Waals surface area contributed by atoms with E-state index in [-0.39, 0.29) is 11.8 Å². The number of hydrogen-bond donors (Lipinski definition) is 3. The summed E-state index contributed by atoms with van der Waals surface area (Å²) >= 11 is 0. The van der Waals surface area contributed by atoms with E-state index in [1.807, 2.05) is 11.8 Å². The third-order valence-electron chi connectivity index (χ3n) is 3.14. The van der Waals surface area contributed by atoms with Crippen molar-refractivity contribution in [3.63, 3.8) is 0 Å². The lowest BCUT2D eigenvalue weighted by molar-refractivity contribution is -0.121. The van der Waals surface area contributed by atoms with Gasteiger partial charge < -0.3 is 16.1 Å². The molecule has 1 saturated heterocycles. The zero-order chi connectivity index (χ0) is 13.1. The minimum absolute atomic E-state index is 0.0978. The van der Waals surface area contributed by atoms with Crippen LogP contribution in [0.15, 0.2) is 6.07 Å². The van der Waals surface area contributed by atoms with Gasteiger partial charge in [-0.2, -0.15) is 0 Å². The summed E-state index contributed by atoms with van der Waals surface area (Å²) in [4.78, 5) is 21.9. The number of hydrazine groups is 1. The summed E-state index contributed by atoms with van der Waals surface area (Å²) in [6, 6.07) is 1.78. The summed E-state index contributed by atoms with van der Waals surface area (Å²) in [7, 11) is 0. The summed E-state index contributed by atoms with van der Waals surface area (Å²) in [5, 5.41) is 0. The molecule has 1 atom stereocenters. The molecule has 1 aliphatic rings. The monoisotopic (exact) mass is 250 g/mol. The Hall–Kier alpha value is -1.89. The Balaban J connectivity index is 2.20. The van der Waals surface area contributed by atoms with Gasteiger partial charge in [0.25, 0.3) is 0 Å². The molecule has 0 bridgehead atoms. The maximum atomic E-state index is 11.2. The number of nitrogens with two attached hydrogens (primary N) is 2. The first-order valence-electron chi connectivity index (χ1n) is 6.03. The molecule has 1 amide bonds. The van der Waals surface area contributed by atoms with Gasteiger partial charge in [0.15, 0.2) is 0 Å². The fraction of sp³-hybridized carbons (Fsp3) is 0.545. The van der Waals surface area contributed by atoms with E-state index in [2.05, 4.69) is 15.4 Å². The second kappa shape index (κ2) is 5.18. The molecule has 1 unspecified atom stereocenters. The average Bonchev–Trinajstić information content (AvgIpc) is 2.87. The lowest BCUT2D eigenvalue weighted by Gasteiger charge is -2.18. The normalized spacial score (nSPS) is 19.0. The topological polar surface area (TPSA) is 110 Å². The second-order valence-corrected chi connectivity index (χ2v) is 4.36. The molecular formula is C11H18N6O. The van der Waals surface area contributed by atoms with Crippen LogP contribution in [0.3, 0.4) is 0 Å². The first kappa shape index (κ1) is 12.6. The number of primary amides is 1. The summed E-state index contributed by atoms with van der Waals surface area (Å²) in [5.74, 6) is 7.13. The van der Waals surface area contributed by atoms with Gasteiger partial charge in [-0.05, 0) is 6.42 Å².